The lowest BCUT2D eigenvalue weighted by Gasteiger charge is -2.24. The number of aliphatic hydroxyl groups is 2. The topological polar surface area (TPSA) is 49.7 Å². The van der Waals surface area contributed by atoms with Gasteiger partial charge in [0.1, 0.15) is 0 Å². The predicted molar refractivity (Wildman–Crippen MR) is 80.0 cm³/mol. The van der Waals surface area contributed by atoms with Crippen molar-refractivity contribution in [2.45, 2.75) is 26.4 Å². The first-order valence-electron chi connectivity index (χ1n) is 5.80. The van der Waals surface area contributed by atoms with Crippen molar-refractivity contribution in [2.75, 3.05) is 20.3 Å². The molecule has 0 heterocycles. The Kier molecular flexibility index (Phi) is 9.40. The minimum atomic E-state index is -0.286. The van der Waals surface area contributed by atoms with Crippen LogP contribution in [0.5, 0.6) is 0 Å². The van der Waals surface area contributed by atoms with Crippen LogP contribution in [-0.4, -0.2) is 36.6 Å². The second kappa shape index (κ2) is 9.56. The number of halogens is 2. The second-order valence-corrected chi connectivity index (χ2v) is 5.00. The maximum absolute atomic E-state index is 9.25. The molecule has 1 rings (SSSR count). The molecule has 0 aliphatic rings. The highest BCUT2D eigenvalue weighted by atomic mass is 35.5. The van der Waals surface area contributed by atoms with Crippen LogP contribution < -0.4 is 0 Å². The predicted octanol–water partition coefficient (Wildman–Crippen LogP) is 3.18. The molecule has 2 atom stereocenters. The molecule has 0 saturated heterocycles. The van der Waals surface area contributed by atoms with E-state index in [0.29, 0.717) is 22.9 Å². The molecule has 5 heteroatoms. The van der Waals surface area contributed by atoms with Crippen molar-refractivity contribution in [1.29, 1.82) is 0 Å². The van der Waals surface area contributed by atoms with Crippen molar-refractivity contribution in [3.8, 4) is 0 Å². The van der Waals surface area contributed by atoms with Crippen molar-refractivity contribution in [3.63, 3.8) is 0 Å². The summed E-state index contributed by atoms with van der Waals surface area (Å²) in [5.41, 5.74) is 1.01. The second-order valence-electron chi connectivity index (χ2n) is 4.18. The molecule has 0 unspecified atom stereocenters. The van der Waals surface area contributed by atoms with E-state index in [2.05, 4.69) is 0 Å². The summed E-state index contributed by atoms with van der Waals surface area (Å²) in [6, 6.07) is 5.44. The number of benzene rings is 1. The van der Waals surface area contributed by atoms with Crippen molar-refractivity contribution in [3.05, 3.63) is 33.8 Å². The zero-order valence-electron chi connectivity index (χ0n) is 10.3. The van der Waals surface area contributed by atoms with Gasteiger partial charge in [0.25, 0.3) is 0 Å². The minimum absolute atomic E-state index is 0. The van der Waals surface area contributed by atoms with E-state index in [0.717, 1.165) is 5.56 Å². The van der Waals surface area contributed by atoms with Crippen LogP contribution in [0, 0.1) is 5.92 Å². The third-order valence-electron chi connectivity index (χ3n) is 2.99. The summed E-state index contributed by atoms with van der Waals surface area (Å²) in [6.45, 7) is -0.00562. The van der Waals surface area contributed by atoms with Gasteiger partial charge in [-0.15, -0.1) is 0 Å². The Morgan fingerprint density at radius 2 is 1.89 bits per heavy atom. The molecule has 0 spiro atoms. The van der Waals surface area contributed by atoms with Crippen molar-refractivity contribution in [1.82, 2.24) is 0 Å². The fourth-order valence-electron chi connectivity index (χ4n) is 1.97. The summed E-state index contributed by atoms with van der Waals surface area (Å²) in [5, 5.41) is 19.3. The van der Waals surface area contributed by atoms with Gasteiger partial charge in [0, 0.05) is 13.7 Å². The molecule has 0 bridgehead atoms. The third kappa shape index (κ3) is 5.67. The maximum Gasteiger partial charge on any atom is 0.0834 e. The fourth-order valence-corrected chi connectivity index (χ4v) is 2.29. The molecule has 110 valence electrons. The zero-order chi connectivity index (χ0) is 13.5. The number of rotatable bonds is 7. The van der Waals surface area contributed by atoms with Gasteiger partial charge in [-0.3, -0.25) is 0 Å². The summed E-state index contributed by atoms with van der Waals surface area (Å²) < 4.78 is 5.22. The highest BCUT2D eigenvalue weighted by Gasteiger charge is 2.20. The van der Waals surface area contributed by atoms with Crippen LogP contribution >= 0.6 is 23.2 Å². The lowest BCUT2D eigenvalue weighted by atomic mass is 9.91. The fraction of sp³-hybridized carbons (Fsp3) is 0.571. The Hall–Kier alpha value is -0.320. The summed E-state index contributed by atoms with van der Waals surface area (Å²) in [5.74, 6) is 0.0437. The molecule has 0 radical (unpaired) electrons. The normalized spacial score (nSPS) is 13.7. The number of ether oxygens (including phenoxy) is 1. The Morgan fingerprint density at radius 1 is 1.21 bits per heavy atom. The van der Waals surface area contributed by atoms with Crippen molar-refractivity contribution < 1.29 is 14.9 Å². The quantitative estimate of drug-likeness (QED) is 0.813. The highest BCUT2D eigenvalue weighted by Crippen LogP contribution is 2.25. The van der Waals surface area contributed by atoms with E-state index in [1.165, 1.54) is 0 Å². The van der Waals surface area contributed by atoms with Crippen molar-refractivity contribution in [2.24, 2.45) is 5.92 Å². The van der Waals surface area contributed by atoms with E-state index in [4.69, 9.17) is 33.0 Å². The third-order valence-corrected chi connectivity index (χ3v) is 3.73. The van der Waals surface area contributed by atoms with Crippen LogP contribution in [0.15, 0.2) is 18.2 Å². The Labute approximate surface area is 125 Å². The number of hydrogen-bond donors (Lipinski definition) is 2. The molecule has 0 aliphatic heterocycles. The van der Waals surface area contributed by atoms with E-state index in [1.807, 2.05) is 6.07 Å². The number of methoxy groups -OCH3 is 1. The average molecular weight is 309 g/mol. The van der Waals surface area contributed by atoms with Gasteiger partial charge in [0.2, 0.25) is 0 Å². The van der Waals surface area contributed by atoms with E-state index in [1.54, 1.807) is 19.2 Å². The lowest BCUT2D eigenvalue weighted by Crippen LogP contribution is -2.29. The molecule has 1 aromatic rings. The molecule has 0 aliphatic carbocycles. The Balaban J connectivity index is 0.00000324. The highest BCUT2D eigenvalue weighted by molar-refractivity contribution is 6.42. The molecule has 0 amide bonds. The Morgan fingerprint density at radius 3 is 2.37 bits per heavy atom. The van der Waals surface area contributed by atoms with E-state index in [-0.39, 0.29) is 32.7 Å². The van der Waals surface area contributed by atoms with Gasteiger partial charge in [0.15, 0.2) is 0 Å². The van der Waals surface area contributed by atoms with Gasteiger partial charge >= 0.3 is 0 Å². The van der Waals surface area contributed by atoms with Crippen molar-refractivity contribution >= 4 is 23.2 Å². The molecule has 3 nitrogen and oxygen atoms in total. The van der Waals surface area contributed by atoms with Gasteiger partial charge in [0.05, 0.1) is 22.8 Å². The lowest BCUT2D eigenvalue weighted by molar-refractivity contribution is 0.000252. The number of hydrogen-bond acceptors (Lipinski definition) is 3. The van der Waals surface area contributed by atoms with Gasteiger partial charge in [-0.25, -0.2) is 0 Å². The summed E-state index contributed by atoms with van der Waals surface area (Å²) in [7, 11) is 1.56. The summed E-state index contributed by atoms with van der Waals surface area (Å²) >= 11 is 11.8. The first-order chi connectivity index (χ1) is 8.62. The maximum atomic E-state index is 9.25. The summed E-state index contributed by atoms with van der Waals surface area (Å²) in [6.07, 6.45) is 0.960. The van der Waals surface area contributed by atoms with E-state index in [9.17, 15) is 5.11 Å². The van der Waals surface area contributed by atoms with Gasteiger partial charge in [-0.2, -0.15) is 0 Å². The average Bonchev–Trinajstić information content (AvgIpc) is 2.35. The first kappa shape index (κ1) is 18.7. The van der Waals surface area contributed by atoms with E-state index < -0.39 is 0 Å². The monoisotopic (exact) mass is 308 g/mol. The van der Waals surface area contributed by atoms with Crippen LogP contribution in [0.25, 0.3) is 0 Å². The molecular weight excluding hydrogens is 287 g/mol. The van der Waals surface area contributed by atoms with Gasteiger partial charge in [-0.1, -0.05) is 36.7 Å². The van der Waals surface area contributed by atoms with Gasteiger partial charge in [-0.05, 0) is 36.5 Å². The molecule has 0 aromatic heterocycles. The Bertz CT molecular complexity index is 368. The number of aliphatic hydroxyl groups excluding tert-OH is 2. The molecular formula is C14H22Cl2O3. The van der Waals surface area contributed by atoms with Crippen LogP contribution in [0.3, 0.4) is 0 Å². The smallest absolute Gasteiger partial charge is 0.0834 e. The first-order valence-corrected chi connectivity index (χ1v) is 6.56. The zero-order valence-corrected chi connectivity index (χ0v) is 11.8. The molecule has 2 N–H and O–H groups in total. The molecule has 19 heavy (non-hydrogen) atoms. The molecule has 0 fully saturated rings. The van der Waals surface area contributed by atoms with Crippen LogP contribution in [0.4, 0.5) is 0 Å². The summed E-state index contributed by atoms with van der Waals surface area (Å²) in [4.78, 5) is 0. The minimum Gasteiger partial charge on any atom is -0.396 e. The van der Waals surface area contributed by atoms with Gasteiger partial charge < -0.3 is 14.9 Å². The molecule has 1 aromatic carbocycles. The van der Waals surface area contributed by atoms with Crippen LogP contribution in [-0.2, 0) is 11.2 Å². The molecule has 0 saturated carbocycles. The standard InChI is InChI=1S/C13H18Cl2O3.CH4/c1-18-13(8-17)10(4-5-16)6-9-2-3-11(14)12(15)7-9;/h2-3,7,10,13,16-17H,4-6,8H2,1H3;1H4/t10-,13-;/m1./s1. The van der Waals surface area contributed by atoms with Crippen LogP contribution in [0.1, 0.15) is 19.4 Å². The largest absolute Gasteiger partial charge is 0.396 e. The SMILES string of the molecule is C.CO[C@H](CO)[C@H](CCO)Cc1ccc(Cl)c(Cl)c1. The van der Waals surface area contributed by atoms with E-state index >= 15 is 0 Å². The van der Waals surface area contributed by atoms with Crippen LogP contribution in [0.2, 0.25) is 10.0 Å².